The Morgan fingerprint density at radius 2 is 1.79 bits per heavy atom. The number of aliphatic hydroxyl groups excluding tert-OH is 3. The molecule has 1 spiro atoms. The summed E-state index contributed by atoms with van der Waals surface area (Å²) in [7, 11) is 0. The van der Waals surface area contributed by atoms with Crippen molar-refractivity contribution < 1.29 is 20.4 Å². The molecule has 3 aliphatic rings. The largest absolute Gasteiger partial charge is 0.395 e. The summed E-state index contributed by atoms with van der Waals surface area (Å²) in [4.78, 5) is 0. The molecule has 0 bridgehead atoms. The third-order valence-corrected chi connectivity index (χ3v) is 5.70. The van der Waals surface area contributed by atoms with Crippen LogP contribution in [0.4, 0.5) is 0 Å². The van der Waals surface area contributed by atoms with Gasteiger partial charge in [-0.1, -0.05) is 18.6 Å². The van der Waals surface area contributed by atoms with Gasteiger partial charge in [0.15, 0.2) is 0 Å². The van der Waals surface area contributed by atoms with Crippen molar-refractivity contribution in [3.05, 3.63) is 22.8 Å². The van der Waals surface area contributed by atoms with Gasteiger partial charge >= 0.3 is 0 Å². The van der Waals surface area contributed by atoms with Gasteiger partial charge in [-0.2, -0.15) is 0 Å². The first-order valence-electron chi connectivity index (χ1n) is 6.85. The second-order valence-corrected chi connectivity index (χ2v) is 6.84. The predicted octanol–water partition coefficient (Wildman–Crippen LogP) is 0.508. The van der Waals surface area contributed by atoms with Crippen LogP contribution < -0.4 is 0 Å². The van der Waals surface area contributed by atoms with E-state index in [0.717, 1.165) is 24.0 Å². The Hall–Kier alpha value is -0.680. The topological polar surface area (TPSA) is 80.9 Å². The molecule has 0 amide bonds. The van der Waals surface area contributed by atoms with Crippen molar-refractivity contribution in [1.82, 2.24) is 0 Å². The Morgan fingerprint density at radius 3 is 2.26 bits per heavy atom. The fourth-order valence-electron chi connectivity index (χ4n) is 3.99. The molecule has 3 aliphatic carbocycles. The summed E-state index contributed by atoms with van der Waals surface area (Å²) >= 11 is 0. The highest BCUT2D eigenvalue weighted by Gasteiger charge is 2.66. The summed E-state index contributed by atoms with van der Waals surface area (Å²) in [5, 5.41) is 41.2. The fourth-order valence-corrected chi connectivity index (χ4v) is 3.99. The van der Waals surface area contributed by atoms with Gasteiger partial charge in [-0.15, -0.1) is 0 Å². The number of hydrogen-bond donors (Lipinski definition) is 4. The summed E-state index contributed by atoms with van der Waals surface area (Å²) in [6.45, 7) is 5.19. The Morgan fingerprint density at radius 1 is 1.21 bits per heavy atom. The molecule has 4 heteroatoms. The van der Waals surface area contributed by atoms with E-state index in [1.807, 2.05) is 6.92 Å². The molecule has 106 valence electrons. The lowest BCUT2D eigenvalue weighted by Crippen LogP contribution is -2.52. The molecule has 19 heavy (non-hydrogen) atoms. The smallest absolute Gasteiger partial charge is 0.108 e. The van der Waals surface area contributed by atoms with Gasteiger partial charge in [-0.25, -0.2) is 0 Å². The van der Waals surface area contributed by atoms with E-state index in [1.165, 1.54) is 0 Å². The second kappa shape index (κ2) is 3.50. The molecular weight excluding hydrogens is 244 g/mol. The van der Waals surface area contributed by atoms with E-state index in [2.05, 4.69) is 0 Å². The zero-order valence-electron chi connectivity index (χ0n) is 11.6. The molecule has 0 heterocycles. The van der Waals surface area contributed by atoms with Crippen molar-refractivity contribution >= 4 is 0 Å². The SMILES string of the molecule is CC1=C2C(=C[C@@](C)(CO)[C@@H]2O)[C@H](O)[C@](C)(O)C12CC2. The predicted molar refractivity (Wildman–Crippen MR) is 70.3 cm³/mol. The number of hydrogen-bond acceptors (Lipinski definition) is 4. The Kier molecular flexibility index (Phi) is 2.45. The molecule has 0 aromatic carbocycles. The maximum absolute atomic E-state index is 10.7. The second-order valence-electron chi connectivity index (χ2n) is 6.84. The molecule has 0 radical (unpaired) electrons. The lowest BCUT2D eigenvalue weighted by molar-refractivity contribution is -0.0901. The van der Waals surface area contributed by atoms with Gasteiger partial charge in [0.2, 0.25) is 0 Å². The van der Waals surface area contributed by atoms with Crippen LogP contribution in [0.25, 0.3) is 0 Å². The molecule has 4 atom stereocenters. The summed E-state index contributed by atoms with van der Waals surface area (Å²) in [5.74, 6) is 0. The molecule has 0 saturated heterocycles. The molecule has 0 aromatic heterocycles. The molecule has 0 aliphatic heterocycles. The number of fused-ring (bicyclic) bond motifs is 1. The van der Waals surface area contributed by atoms with Crippen LogP contribution in [0.3, 0.4) is 0 Å². The van der Waals surface area contributed by atoms with Gasteiger partial charge in [0.05, 0.1) is 12.7 Å². The first-order chi connectivity index (χ1) is 8.71. The van der Waals surface area contributed by atoms with Crippen molar-refractivity contribution in [2.45, 2.75) is 51.4 Å². The zero-order valence-corrected chi connectivity index (χ0v) is 11.6. The molecule has 3 rings (SSSR count). The summed E-state index contributed by atoms with van der Waals surface area (Å²) in [5.41, 5.74) is -0.0901. The summed E-state index contributed by atoms with van der Waals surface area (Å²) in [6.07, 6.45) is 1.59. The third-order valence-electron chi connectivity index (χ3n) is 5.70. The number of rotatable bonds is 1. The minimum absolute atomic E-state index is 0.184. The highest BCUT2D eigenvalue weighted by Crippen LogP contribution is 2.66. The average Bonchev–Trinajstić information content (AvgIpc) is 3.12. The van der Waals surface area contributed by atoms with Crippen molar-refractivity contribution in [1.29, 1.82) is 0 Å². The van der Waals surface area contributed by atoms with Gasteiger partial charge in [0, 0.05) is 10.8 Å². The van der Waals surface area contributed by atoms with E-state index in [-0.39, 0.29) is 6.61 Å². The van der Waals surface area contributed by atoms with Crippen LogP contribution >= 0.6 is 0 Å². The van der Waals surface area contributed by atoms with E-state index >= 15 is 0 Å². The third kappa shape index (κ3) is 1.33. The summed E-state index contributed by atoms with van der Waals surface area (Å²) in [6, 6.07) is 0. The Labute approximate surface area is 113 Å². The summed E-state index contributed by atoms with van der Waals surface area (Å²) < 4.78 is 0. The quantitative estimate of drug-likeness (QED) is 0.557. The molecule has 4 nitrogen and oxygen atoms in total. The van der Waals surface area contributed by atoms with Crippen LogP contribution in [0, 0.1) is 10.8 Å². The van der Waals surface area contributed by atoms with Gasteiger partial charge in [0.25, 0.3) is 0 Å². The average molecular weight is 266 g/mol. The minimum atomic E-state index is -1.20. The fraction of sp³-hybridized carbons (Fsp3) is 0.733. The molecule has 0 unspecified atom stereocenters. The molecule has 0 aromatic rings. The van der Waals surface area contributed by atoms with Crippen LogP contribution in [-0.4, -0.2) is 44.8 Å². The number of aliphatic hydroxyl groups is 4. The normalized spacial score (nSPS) is 47.4. The van der Waals surface area contributed by atoms with Crippen molar-refractivity contribution in [3.63, 3.8) is 0 Å². The van der Waals surface area contributed by atoms with Crippen LogP contribution in [-0.2, 0) is 0 Å². The monoisotopic (exact) mass is 266 g/mol. The maximum Gasteiger partial charge on any atom is 0.108 e. The van der Waals surface area contributed by atoms with Crippen LogP contribution in [0.1, 0.15) is 33.6 Å². The molecule has 1 saturated carbocycles. The van der Waals surface area contributed by atoms with Gasteiger partial charge < -0.3 is 20.4 Å². The van der Waals surface area contributed by atoms with Crippen molar-refractivity contribution in [2.75, 3.05) is 6.61 Å². The molecule has 1 fully saturated rings. The molecular formula is C15H22O4. The van der Waals surface area contributed by atoms with E-state index < -0.39 is 28.6 Å². The van der Waals surface area contributed by atoms with Gasteiger partial charge in [0.1, 0.15) is 11.7 Å². The first-order valence-corrected chi connectivity index (χ1v) is 6.85. The van der Waals surface area contributed by atoms with Gasteiger partial charge in [-0.3, -0.25) is 0 Å². The Bertz CT molecular complexity index is 498. The molecule has 4 N–H and O–H groups in total. The Balaban J connectivity index is 2.22. The van der Waals surface area contributed by atoms with Gasteiger partial charge in [-0.05, 0) is 37.8 Å². The van der Waals surface area contributed by atoms with E-state index in [0.29, 0.717) is 5.57 Å². The minimum Gasteiger partial charge on any atom is -0.395 e. The first kappa shape index (κ1) is 13.3. The zero-order chi connectivity index (χ0) is 14.2. The van der Waals surface area contributed by atoms with E-state index in [1.54, 1.807) is 19.9 Å². The standard InChI is InChI=1S/C15H22O4/c1-8-10-9(6-13(2,7-16)12(10)18)11(17)14(3,19)15(8)4-5-15/h6,11-12,16-19H,4-5,7H2,1-3H3/t11-,12+,13-,14-/m0/s1. The van der Waals surface area contributed by atoms with Crippen molar-refractivity contribution in [3.8, 4) is 0 Å². The maximum atomic E-state index is 10.7. The van der Waals surface area contributed by atoms with E-state index in [4.69, 9.17) is 0 Å². The van der Waals surface area contributed by atoms with Crippen LogP contribution in [0.2, 0.25) is 0 Å². The van der Waals surface area contributed by atoms with Crippen LogP contribution in [0.5, 0.6) is 0 Å². The van der Waals surface area contributed by atoms with Crippen molar-refractivity contribution in [2.24, 2.45) is 10.8 Å². The highest BCUT2D eigenvalue weighted by molar-refractivity contribution is 5.57. The lowest BCUT2D eigenvalue weighted by Gasteiger charge is -2.44. The van der Waals surface area contributed by atoms with E-state index in [9.17, 15) is 20.4 Å². The highest BCUT2D eigenvalue weighted by atomic mass is 16.3. The van der Waals surface area contributed by atoms with Crippen LogP contribution in [0.15, 0.2) is 22.8 Å². The lowest BCUT2D eigenvalue weighted by atomic mass is 9.66.